The molecule has 1 aliphatic heterocycles. The molecular weight excluding hydrogens is 281 g/mol. The summed E-state index contributed by atoms with van der Waals surface area (Å²) in [4.78, 5) is 12.2. The molecule has 0 radical (unpaired) electrons. The van der Waals surface area contributed by atoms with Crippen LogP contribution in [0.3, 0.4) is 0 Å². The van der Waals surface area contributed by atoms with Gasteiger partial charge in [-0.2, -0.15) is 4.98 Å². The molecule has 2 aromatic rings. The van der Waals surface area contributed by atoms with Gasteiger partial charge in [0.05, 0.1) is 18.6 Å². The Bertz CT molecular complexity index is 689. The average molecular weight is 297 g/mol. The van der Waals surface area contributed by atoms with Gasteiger partial charge in [0.15, 0.2) is 17.5 Å². The lowest BCUT2D eigenvalue weighted by atomic mass is 9.98. The van der Waals surface area contributed by atoms with Crippen molar-refractivity contribution in [1.29, 1.82) is 0 Å². The molecule has 8 nitrogen and oxygen atoms in total. The molecule has 4 atom stereocenters. The summed E-state index contributed by atoms with van der Waals surface area (Å²) in [5.74, 6) is 0.0413. The first-order valence-corrected chi connectivity index (χ1v) is 6.46. The smallest absolute Gasteiger partial charge is 0.222 e. The van der Waals surface area contributed by atoms with E-state index in [4.69, 9.17) is 15.6 Å². The first-order chi connectivity index (χ1) is 9.86. The number of alkyl halides is 1. The van der Waals surface area contributed by atoms with Gasteiger partial charge in [-0.15, -0.1) is 0 Å². The number of rotatable bonds is 2. The lowest BCUT2D eigenvalue weighted by Crippen LogP contribution is -2.40. The Morgan fingerprint density at radius 2 is 2.24 bits per heavy atom. The second-order valence-corrected chi connectivity index (χ2v) is 5.30. The van der Waals surface area contributed by atoms with Crippen molar-refractivity contribution in [3.05, 3.63) is 12.0 Å². The molecule has 2 unspecified atom stereocenters. The van der Waals surface area contributed by atoms with Crippen LogP contribution < -0.4 is 5.73 Å². The minimum atomic E-state index is -2.10. The number of halogens is 1. The molecule has 0 aromatic carbocycles. The van der Waals surface area contributed by atoms with Crippen molar-refractivity contribution in [2.24, 2.45) is 0 Å². The van der Waals surface area contributed by atoms with Crippen LogP contribution in [0.2, 0.25) is 0 Å². The Morgan fingerprint density at radius 3 is 2.86 bits per heavy atom. The third-order valence-electron chi connectivity index (χ3n) is 3.76. The number of fused-ring (bicyclic) bond motifs is 1. The van der Waals surface area contributed by atoms with Crippen LogP contribution in [0.4, 0.5) is 10.3 Å². The molecule has 4 N–H and O–H groups in total. The average Bonchev–Trinajstić information content (AvgIpc) is 2.91. The Labute approximate surface area is 119 Å². The zero-order chi connectivity index (χ0) is 15.4. The number of imidazole rings is 1. The fraction of sp³-hybridized carbons (Fsp3) is 0.583. The highest BCUT2D eigenvalue weighted by Crippen LogP contribution is 2.42. The second kappa shape index (κ2) is 4.58. The second-order valence-electron chi connectivity index (χ2n) is 5.30. The predicted molar refractivity (Wildman–Crippen MR) is 71.0 cm³/mol. The zero-order valence-electron chi connectivity index (χ0n) is 11.6. The molecule has 1 fully saturated rings. The maximum Gasteiger partial charge on any atom is 0.222 e. The number of aryl methyl sites for hydroxylation is 1. The van der Waals surface area contributed by atoms with Crippen molar-refractivity contribution >= 4 is 17.1 Å². The van der Waals surface area contributed by atoms with E-state index in [0.717, 1.165) is 0 Å². The van der Waals surface area contributed by atoms with Crippen molar-refractivity contribution in [1.82, 2.24) is 19.5 Å². The van der Waals surface area contributed by atoms with E-state index in [0.29, 0.717) is 16.9 Å². The topological polar surface area (TPSA) is 119 Å². The molecule has 0 amide bonds. The normalized spacial score (nSPS) is 32.9. The molecule has 2 aromatic heterocycles. The van der Waals surface area contributed by atoms with E-state index in [1.54, 1.807) is 6.92 Å². The highest BCUT2D eigenvalue weighted by molar-refractivity contribution is 5.74. The molecule has 1 saturated heterocycles. The summed E-state index contributed by atoms with van der Waals surface area (Å²) in [5.41, 5.74) is 4.87. The summed E-state index contributed by atoms with van der Waals surface area (Å²) in [7, 11) is 0. The molecule has 0 aliphatic carbocycles. The van der Waals surface area contributed by atoms with Crippen molar-refractivity contribution in [3.8, 4) is 0 Å². The standard InChI is InChI=1S/C12H16FN5O3/c1-5-7-9(17-11(14)16-5)18(4-15-7)10-12(2,13)8(20)6(3-19)21-10/h4,6,8,10,19-20H,3H2,1-2H3,(H2,14,16,17)/t6?,8-,10?,12-/m1/s1. The first kappa shape index (κ1) is 14.1. The molecule has 114 valence electrons. The fourth-order valence-electron chi connectivity index (χ4n) is 2.61. The quantitative estimate of drug-likeness (QED) is 0.696. The minimum Gasteiger partial charge on any atom is -0.394 e. The van der Waals surface area contributed by atoms with Crippen LogP contribution >= 0.6 is 0 Å². The van der Waals surface area contributed by atoms with Gasteiger partial charge in [0.2, 0.25) is 5.95 Å². The van der Waals surface area contributed by atoms with E-state index in [2.05, 4.69) is 15.0 Å². The molecular formula is C12H16FN5O3. The molecule has 3 rings (SSSR count). The van der Waals surface area contributed by atoms with Gasteiger partial charge in [-0.05, 0) is 13.8 Å². The van der Waals surface area contributed by atoms with Gasteiger partial charge in [-0.25, -0.2) is 14.4 Å². The SMILES string of the molecule is Cc1nc(N)nc2c1ncn2C1OC(CO)[C@@H](O)[C@@]1(C)F. The molecule has 3 heterocycles. The number of ether oxygens (including phenoxy) is 1. The third kappa shape index (κ3) is 1.96. The van der Waals surface area contributed by atoms with Crippen molar-refractivity contribution < 1.29 is 19.3 Å². The Kier molecular flexibility index (Phi) is 3.08. The van der Waals surface area contributed by atoms with Crippen LogP contribution in [0, 0.1) is 6.92 Å². The molecule has 0 bridgehead atoms. The van der Waals surface area contributed by atoms with E-state index in [1.165, 1.54) is 17.8 Å². The van der Waals surface area contributed by atoms with Gasteiger partial charge in [0.1, 0.15) is 17.7 Å². The number of hydrogen-bond acceptors (Lipinski definition) is 7. The summed E-state index contributed by atoms with van der Waals surface area (Å²) in [6.45, 7) is 2.44. The maximum atomic E-state index is 14.8. The number of nitrogens with two attached hydrogens (primary N) is 1. The molecule has 0 saturated carbocycles. The zero-order valence-corrected chi connectivity index (χ0v) is 11.6. The molecule has 9 heteroatoms. The molecule has 0 spiro atoms. The van der Waals surface area contributed by atoms with Gasteiger partial charge in [0, 0.05) is 0 Å². The van der Waals surface area contributed by atoms with Gasteiger partial charge in [-0.1, -0.05) is 0 Å². The number of aromatic nitrogens is 4. The van der Waals surface area contributed by atoms with Crippen molar-refractivity contribution in [2.45, 2.75) is 38.0 Å². The minimum absolute atomic E-state index is 0.0413. The third-order valence-corrected chi connectivity index (χ3v) is 3.76. The summed E-state index contributed by atoms with van der Waals surface area (Å²) in [6, 6.07) is 0. The fourth-order valence-corrected chi connectivity index (χ4v) is 2.61. The lowest BCUT2D eigenvalue weighted by molar-refractivity contribution is -0.0566. The number of anilines is 1. The Balaban J connectivity index is 2.13. The van der Waals surface area contributed by atoms with Crippen molar-refractivity contribution in [3.63, 3.8) is 0 Å². The van der Waals surface area contributed by atoms with Gasteiger partial charge in [-0.3, -0.25) is 4.57 Å². The van der Waals surface area contributed by atoms with E-state index in [9.17, 15) is 9.50 Å². The predicted octanol–water partition coefficient (Wildman–Crippen LogP) is -0.304. The highest BCUT2D eigenvalue weighted by atomic mass is 19.1. The van der Waals surface area contributed by atoms with Crippen LogP contribution in [0.25, 0.3) is 11.2 Å². The van der Waals surface area contributed by atoms with Crippen LogP contribution in [0.1, 0.15) is 18.8 Å². The highest BCUT2D eigenvalue weighted by Gasteiger charge is 2.55. The number of aliphatic hydroxyl groups is 2. The lowest BCUT2D eigenvalue weighted by Gasteiger charge is -2.24. The summed E-state index contributed by atoms with van der Waals surface area (Å²) < 4.78 is 21.6. The van der Waals surface area contributed by atoms with Crippen molar-refractivity contribution in [2.75, 3.05) is 12.3 Å². The number of nitrogen functional groups attached to an aromatic ring is 1. The van der Waals surface area contributed by atoms with Crippen LogP contribution in [-0.4, -0.2) is 54.2 Å². The van der Waals surface area contributed by atoms with Crippen LogP contribution in [0.5, 0.6) is 0 Å². The first-order valence-electron chi connectivity index (χ1n) is 6.46. The van der Waals surface area contributed by atoms with Crippen LogP contribution in [0.15, 0.2) is 6.33 Å². The Hall–Kier alpha value is -1.84. The summed E-state index contributed by atoms with van der Waals surface area (Å²) >= 11 is 0. The largest absolute Gasteiger partial charge is 0.394 e. The van der Waals surface area contributed by atoms with Gasteiger partial charge < -0.3 is 20.7 Å². The number of hydrogen-bond donors (Lipinski definition) is 3. The van der Waals surface area contributed by atoms with E-state index in [1.807, 2.05) is 0 Å². The summed E-state index contributed by atoms with van der Waals surface area (Å²) in [6.07, 6.45) is -2.27. The van der Waals surface area contributed by atoms with Gasteiger partial charge in [0.25, 0.3) is 0 Å². The number of aliphatic hydroxyl groups excluding tert-OH is 2. The Morgan fingerprint density at radius 1 is 1.52 bits per heavy atom. The summed E-state index contributed by atoms with van der Waals surface area (Å²) in [5, 5.41) is 19.1. The maximum absolute atomic E-state index is 14.8. The molecule has 1 aliphatic rings. The van der Waals surface area contributed by atoms with Gasteiger partial charge >= 0.3 is 0 Å². The number of nitrogens with zero attached hydrogens (tertiary/aromatic N) is 4. The molecule has 21 heavy (non-hydrogen) atoms. The van der Waals surface area contributed by atoms with E-state index >= 15 is 0 Å². The van der Waals surface area contributed by atoms with E-state index < -0.39 is 30.7 Å². The van der Waals surface area contributed by atoms with E-state index in [-0.39, 0.29) is 5.95 Å². The van der Waals surface area contributed by atoms with Crippen LogP contribution in [-0.2, 0) is 4.74 Å². The monoisotopic (exact) mass is 297 g/mol.